The minimum Gasteiger partial charge on any atom is -0.466 e. The summed E-state index contributed by atoms with van der Waals surface area (Å²) in [4.78, 5) is 11.5. The van der Waals surface area contributed by atoms with E-state index in [2.05, 4.69) is 0 Å². The molecule has 0 atom stereocenters. The minimum atomic E-state index is -0.271. The number of carbonyl (C=O) groups excluding carboxylic acids is 1. The average Bonchev–Trinajstić information content (AvgIpc) is 2.83. The Hall–Kier alpha value is -1.74. The Morgan fingerprint density at radius 1 is 1.39 bits per heavy atom. The first kappa shape index (κ1) is 12.7. The van der Waals surface area contributed by atoms with E-state index in [1.54, 1.807) is 31.4 Å². The number of rotatable bonds is 4. The molecule has 0 aliphatic rings. The van der Waals surface area contributed by atoms with Crippen LogP contribution in [0.2, 0.25) is 5.02 Å². The fraction of sp³-hybridized carbons (Fsp3) is 0.214. The van der Waals surface area contributed by atoms with Crippen molar-refractivity contribution in [1.82, 2.24) is 0 Å². The van der Waals surface area contributed by atoms with Crippen LogP contribution in [0.1, 0.15) is 12.5 Å². The summed E-state index contributed by atoms with van der Waals surface area (Å²) in [5.74, 6) is 0.443. The van der Waals surface area contributed by atoms with E-state index < -0.39 is 0 Å². The Balaban J connectivity index is 2.32. The highest BCUT2D eigenvalue weighted by molar-refractivity contribution is 6.30. The lowest BCUT2D eigenvalue weighted by Crippen LogP contribution is -2.08. The summed E-state index contributed by atoms with van der Waals surface area (Å²) in [5, 5.41) is 0.588. The molecule has 0 bridgehead atoms. The Kier molecular flexibility index (Phi) is 4.05. The Bertz CT molecular complexity index is 532. The largest absolute Gasteiger partial charge is 0.466 e. The predicted molar refractivity (Wildman–Crippen MR) is 69.5 cm³/mol. The Morgan fingerprint density at radius 3 is 2.89 bits per heavy atom. The SMILES string of the molecule is CCOC(=O)Cc1cc(Cl)ccc1-c1ccco1. The molecular formula is C14H13ClO3. The molecule has 18 heavy (non-hydrogen) atoms. The van der Waals surface area contributed by atoms with Gasteiger partial charge in [-0.25, -0.2) is 0 Å². The van der Waals surface area contributed by atoms with E-state index in [4.69, 9.17) is 20.8 Å². The van der Waals surface area contributed by atoms with Crippen LogP contribution in [0.15, 0.2) is 41.0 Å². The summed E-state index contributed by atoms with van der Waals surface area (Å²) in [7, 11) is 0. The Morgan fingerprint density at radius 2 is 2.22 bits per heavy atom. The van der Waals surface area contributed by atoms with Crippen LogP contribution in [0, 0.1) is 0 Å². The highest BCUT2D eigenvalue weighted by Gasteiger charge is 2.12. The molecule has 0 N–H and O–H groups in total. The van der Waals surface area contributed by atoms with Crippen molar-refractivity contribution in [3.63, 3.8) is 0 Å². The van der Waals surface area contributed by atoms with E-state index >= 15 is 0 Å². The van der Waals surface area contributed by atoms with Crippen LogP contribution in [0.5, 0.6) is 0 Å². The third-order valence-corrected chi connectivity index (χ3v) is 2.73. The van der Waals surface area contributed by atoms with Gasteiger partial charge in [-0.1, -0.05) is 11.6 Å². The summed E-state index contributed by atoms with van der Waals surface area (Å²) in [6.45, 7) is 2.15. The highest BCUT2D eigenvalue weighted by Crippen LogP contribution is 2.27. The molecule has 3 nitrogen and oxygen atoms in total. The van der Waals surface area contributed by atoms with Gasteiger partial charge >= 0.3 is 5.97 Å². The zero-order valence-corrected chi connectivity index (χ0v) is 10.7. The van der Waals surface area contributed by atoms with Gasteiger partial charge in [0.2, 0.25) is 0 Å². The smallest absolute Gasteiger partial charge is 0.310 e. The maximum Gasteiger partial charge on any atom is 0.310 e. The van der Waals surface area contributed by atoms with Gasteiger partial charge in [-0.15, -0.1) is 0 Å². The van der Waals surface area contributed by atoms with Crippen LogP contribution in [-0.2, 0) is 16.0 Å². The van der Waals surface area contributed by atoms with Crippen molar-refractivity contribution >= 4 is 17.6 Å². The molecule has 2 rings (SSSR count). The number of ether oxygens (including phenoxy) is 1. The summed E-state index contributed by atoms with van der Waals surface area (Å²) < 4.78 is 10.3. The number of hydrogen-bond donors (Lipinski definition) is 0. The van der Waals surface area contributed by atoms with Crippen molar-refractivity contribution in [2.24, 2.45) is 0 Å². The fourth-order valence-electron chi connectivity index (χ4n) is 1.75. The zero-order chi connectivity index (χ0) is 13.0. The number of carbonyl (C=O) groups is 1. The number of hydrogen-bond acceptors (Lipinski definition) is 3. The lowest BCUT2D eigenvalue weighted by atomic mass is 10.0. The molecule has 0 spiro atoms. The molecule has 1 heterocycles. The molecule has 4 heteroatoms. The van der Waals surface area contributed by atoms with E-state index in [1.165, 1.54) is 0 Å². The molecule has 94 valence electrons. The van der Waals surface area contributed by atoms with Crippen molar-refractivity contribution in [3.8, 4) is 11.3 Å². The van der Waals surface area contributed by atoms with Crippen LogP contribution < -0.4 is 0 Å². The standard InChI is InChI=1S/C14H13ClO3/c1-2-17-14(16)9-10-8-11(15)5-6-12(10)13-4-3-7-18-13/h3-8H,2,9H2,1H3. The van der Waals surface area contributed by atoms with Gasteiger partial charge in [0.15, 0.2) is 0 Å². The van der Waals surface area contributed by atoms with E-state index in [0.29, 0.717) is 17.4 Å². The second kappa shape index (κ2) is 5.74. The van der Waals surface area contributed by atoms with Gasteiger partial charge in [-0.2, -0.15) is 0 Å². The van der Waals surface area contributed by atoms with E-state index in [0.717, 1.165) is 11.1 Å². The Labute approximate surface area is 110 Å². The van der Waals surface area contributed by atoms with Crippen LogP contribution in [0.4, 0.5) is 0 Å². The van der Waals surface area contributed by atoms with Crippen molar-refractivity contribution in [3.05, 3.63) is 47.2 Å². The van der Waals surface area contributed by atoms with E-state index in [1.807, 2.05) is 12.1 Å². The van der Waals surface area contributed by atoms with Gasteiger partial charge in [-0.3, -0.25) is 4.79 Å². The van der Waals surface area contributed by atoms with Gasteiger partial charge in [-0.05, 0) is 42.8 Å². The molecule has 0 radical (unpaired) electrons. The van der Waals surface area contributed by atoms with Gasteiger partial charge in [0, 0.05) is 10.6 Å². The predicted octanol–water partition coefficient (Wildman–Crippen LogP) is 3.71. The van der Waals surface area contributed by atoms with Gasteiger partial charge in [0.25, 0.3) is 0 Å². The molecule has 0 fully saturated rings. The molecule has 0 unspecified atom stereocenters. The van der Waals surface area contributed by atoms with Crippen molar-refractivity contribution in [2.75, 3.05) is 6.61 Å². The molecule has 0 aliphatic heterocycles. The second-order valence-electron chi connectivity index (χ2n) is 3.76. The molecule has 2 aromatic rings. The minimum absolute atomic E-state index is 0.185. The number of esters is 1. The monoisotopic (exact) mass is 264 g/mol. The van der Waals surface area contributed by atoms with Crippen molar-refractivity contribution < 1.29 is 13.9 Å². The molecule has 0 amide bonds. The van der Waals surface area contributed by atoms with Crippen LogP contribution in [0.3, 0.4) is 0 Å². The molecule has 0 aliphatic carbocycles. The average molecular weight is 265 g/mol. The van der Waals surface area contributed by atoms with Gasteiger partial charge in [0.1, 0.15) is 5.76 Å². The summed E-state index contributed by atoms with van der Waals surface area (Å²) in [6.07, 6.45) is 1.78. The first-order valence-electron chi connectivity index (χ1n) is 5.68. The topological polar surface area (TPSA) is 39.4 Å². The number of furan rings is 1. The molecule has 1 aromatic heterocycles. The van der Waals surface area contributed by atoms with E-state index in [-0.39, 0.29) is 12.4 Å². The van der Waals surface area contributed by atoms with E-state index in [9.17, 15) is 4.79 Å². The van der Waals surface area contributed by atoms with Crippen molar-refractivity contribution in [1.29, 1.82) is 0 Å². The lowest BCUT2D eigenvalue weighted by Gasteiger charge is -2.07. The van der Waals surface area contributed by atoms with Gasteiger partial charge in [0.05, 0.1) is 19.3 Å². The third-order valence-electron chi connectivity index (χ3n) is 2.49. The normalized spacial score (nSPS) is 10.3. The maximum absolute atomic E-state index is 11.5. The van der Waals surface area contributed by atoms with Crippen LogP contribution >= 0.6 is 11.6 Å². The molecule has 0 saturated carbocycles. The van der Waals surface area contributed by atoms with Gasteiger partial charge < -0.3 is 9.15 Å². The zero-order valence-electron chi connectivity index (χ0n) is 9.98. The molecule has 0 saturated heterocycles. The quantitative estimate of drug-likeness (QED) is 0.791. The first-order valence-corrected chi connectivity index (χ1v) is 6.06. The van der Waals surface area contributed by atoms with Crippen LogP contribution in [-0.4, -0.2) is 12.6 Å². The summed E-state index contributed by atoms with van der Waals surface area (Å²) in [6, 6.07) is 9.02. The molecule has 1 aromatic carbocycles. The summed E-state index contributed by atoms with van der Waals surface area (Å²) >= 11 is 5.96. The fourth-order valence-corrected chi connectivity index (χ4v) is 1.94. The molecular weight excluding hydrogens is 252 g/mol. The second-order valence-corrected chi connectivity index (χ2v) is 4.20. The summed E-state index contributed by atoms with van der Waals surface area (Å²) in [5.41, 5.74) is 1.66. The lowest BCUT2D eigenvalue weighted by molar-refractivity contribution is -0.142. The first-order chi connectivity index (χ1) is 8.70. The number of halogens is 1. The van der Waals surface area contributed by atoms with Crippen molar-refractivity contribution in [2.45, 2.75) is 13.3 Å². The highest BCUT2D eigenvalue weighted by atomic mass is 35.5. The third kappa shape index (κ3) is 2.93. The number of benzene rings is 1. The maximum atomic E-state index is 11.5. The van der Waals surface area contributed by atoms with Crippen LogP contribution in [0.25, 0.3) is 11.3 Å².